The van der Waals surface area contributed by atoms with E-state index in [1.807, 2.05) is 41.0 Å². The van der Waals surface area contributed by atoms with Gasteiger partial charge in [0.05, 0.1) is 11.0 Å². The summed E-state index contributed by atoms with van der Waals surface area (Å²) in [5, 5.41) is 1.94. The van der Waals surface area contributed by atoms with E-state index in [4.69, 9.17) is 32.6 Å². The minimum absolute atomic E-state index is 0.362. The Hall–Kier alpha value is -3.08. The van der Waals surface area contributed by atoms with Crippen molar-refractivity contribution in [2.45, 2.75) is 0 Å². The predicted molar refractivity (Wildman–Crippen MR) is 113 cm³/mol. The predicted octanol–water partition coefficient (Wildman–Crippen LogP) is 6.11. The zero-order valence-corrected chi connectivity index (χ0v) is 15.9. The topological polar surface area (TPSA) is 48.0 Å². The van der Waals surface area contributed by atoms with Crippen LogP contribution in [0.25, 0.3) is 39.1 Å². The second-order valence-corrected chi connectivity index (χ2v) is 7.24. The number of fused-ring (bicyclic) bond motifs is 2. The fraction of sp³-hybridized carbons (Fsp3) is 0. The first kappa shape index (κ1) is 17.0. The van der Waals surface area contributed by atoms with E-state index < -0.39 is 5.63 Å². The van der Waals surface area contributed by atoms with Gasteiger partial charge >= 0.3 is 5.63 Å². The maximum absolute atomic E-state index is 12.8. The van der Waals surface area contributed by atoms with Gasteiger partial charge in [0.1, 0.15) is 11.1 Å². The van der Waals surface area contributed by atoms with Gasteiger partial charge in [-0.25, -0.2) is 9.78 Å². The first-order valence-corrected chi connectivity index (χ1v) is 9.33. The molecular formula is C22H12Cl2N2O2. The zero-order chi connectivity index (χ0) is 19.3. The molecule has 0 amide bonds. The van der Waals surface area contributed by atoms with Crippen LogP contribution in [0.2, 0.25) is 10.0 Å². The minimum Gasteiger partial charge on any atom is -0.422 e. The largest absolute Gasteiger partial charge is 0.422 e. The molecule has 0 fully saturated rings. The molecule has 28 heavy (non-hydrogen) atoms. The van der Waals surface area contributed by atoms with Crippen LogP contribution in [-0.4, -0.2) is 9.55 Å². The first-order chi connectivity index (χ1) is 13.6. The fourth-order valence-corrected chi connectivity index (χ4v) is 3.61. The average molecular weight is 407 g/mol. The Labute approximate surface area is 169 Å². The highest BCUT2D eigenvalue weighted by Gasteiger charge is 2.18. The van der Waals surface area contributed by atoms with Gasteiger partial charge in [0.2, 0.25) is 0 Å². The number of para-hydroxylation sites is 2. The van der Waals surface area contributed by atoms with Crippen LogP contribution in [-0.2, 0) is 0 Å². The monoisotopic (exact) mass is 406 g/mol. The lowest BCUT2D eigenvalue weighted by Crippen LogP contribution is -2.07. The zero-order valence-electron chi connectivity index (χ0n) is 14.4. The van der Waals surface area contributed by atoms with Gasteiger partial charge in [0, 0.05) is 21.1 Å². The normalized spacial score (nSPS) is 11.4. The van der Waals surface area contributed by atoms with Crippen molar-refractivity contribution >= 4 is 45.2 Å². The summed E-state index contributed by atoms with van der Waals surface area (Å²) in [5.74, 6) is 0.499. The number of rotatable bonds is 2. The van der Waals surface area contributed by atoms with Gasteiger partial charge in [0.15, 0.2) is 5.82 Å². The highest BCUT2D eigenvalue weighted by atomic mass is 35.5. The maximum Gasteiger partial charge on any atom is 0.347 e. The van der Waals surface area contributed by atoms with Gasteiger partial charge in [0.25, 0.3) is 0 Å². The van der Waals surface area contributed by atoms with Gasteiger partial charge in [-0.1, -0.05) is 35.3 Å². The van der Waals surface area contributed by atoms with Crippen molar-refractivity contribution in [2.24, 2.45) is 0 Å². The quantitative estimate of drug-likeness (QED) is 0.332. The Kier molecular flexibility index (Phi) is 3.97. The molecule has 0 bridgehead atoms. The lowest BCUT2D eigenvalue weighted by Gasteiger charge is -2.09. The van der Waals surface area contributed by atoms with Crippen molar-refractivity contribution in [3.8, 4) is 17.1 Å². The average Bonchev–Trinajstić information content (AvgIpc) is 3.08. The van der Waals surface area contributed by atoms with Gasteiger partial charge in [-0.2, -0.15) is 0 Å². The highest BCUT2D eigenvalue weighted by Crippen LogP contribution is 2.29. The van der Waals surface area contributed by atoms with Crippen LogP contribution in [0.5, 0.6) is 0 Å². The molecule has 0 saturated carbocycles. The molecule has 2 aromatic heterocycles. The second kappa shape index (κ2) is 6.51. The molecule has 2 heterocycles. The van der Waals surface area contributed by atoms with E-state index in [2.05, 4.69) is 0 Å². The van der Waals surface area contributed by atoms with E-state index >= 15 is 0 Å². The Morgan fingerprint density at radius 2 is 1.61 bits per heavy atom. The molecule has 5 rings (SSSR count). The van der Waals surface area contributed by atoms with Crippen LogP contribution in [0.3, 0.4) is 0 Å². The molecule has 0 aliphatic carbocycles. The maximum atomic E-state index is 12.8. The van der Waals surface area contributed by atoms with Crippen molar-refractivity contribution < 1.29 is 4.42 Å². The molecule has 3 aromatic carbocycles. The van der Waals surface area contributed by atoms with E-state index in [1.165, 1.54) is 0 Å². The summed E-state index contributed by atoms with van der Waals surface area (Å²) in [6, 6.07) is 22.0. The van der Waals surface area contributed by atoms with E-state index in [1.54, 1.807) is 36.4 Å². The second-order valence-electron chi connectivity index (χ2n) is 6.37. The number of aromatic nitrogens is 2. The third-order valence-electron chi connectivity index (χ3n) is 4.58. The highest BCUT2D eigenvalue weighted by molar-refractivity contribution is 6.31. The Bertz CT molecular complexity index is 1400. The van der Waals surface area contributed by atoms with Crippen LogP contribution >= 0.6 is 23.2 Å². The molecule has 0 atom stereocenters. The molecule has 0 N–H and O–H groups in total. The number of nitrogens with zero attached hydrogens (tertiary/aromatic N) is 2. The number of imidazole rings is 1. The van der Waals surface area contributed by atoms with E-state index in [9.17, 15) is 4.79 Å². The molecule has 0 spiro atoms. The lowest BCUT2D eigenvalue weighted by molar-refractivity contribution is 0.562. The molecule has 0 aliphatic heterocycles. The summed E-state index contributed by atoms with van der Waals surface area (Å²) >= 11 is 12.2. The van der Waals surface area contributed by atoms with Crippen molar-refractivity contribution in [1.29, 1.82) is 0 Å². The molecule has 0 saturated heterocycles. The Morgan fingerprint density at radius 3 is 2.43 bits per heavy atom. The van der Waals surface area contributed by atoms with Crippen LogP contribution in [0, 0.1) is 0 Å². The third kappa shape index (κ3) is 2.78. The number of hydrogen-bond acceptors (Lipinski definition) is 3. The smallest absolute Gasteiger partial charge is 0.347 e. The molecule has 0 unspecified atom stereocenters. The third-order valence-corrected chi connectivity index (χ3v) is 5.07. The van der Waals surface area contributed by atoms with E-state index in [-0.39, 0.29) is 0 Å². The van der Waals surface area contributed by atoms with E-state index in [0.29, 0.717) is 27.0 Å². The van der Waals surface area contributed by atoms with Crippen molar-refractivity contribution in [3.63, 3.8) is 0 Å². The SMILES string of the molecule is O=c1oc2ccc(Cl)cc2cc1-c1nc2ccccc2n1-c1ccc(Cl)cc1. The summed E-state index contributed by atoms with van der Waals surface area (Å²) < 4.78 is 7.44. The molecule has 6 heteroatoms. The van der Waals surface area contributed by atoms with Crippen molar-refractivity contribution in [3.05, 3.63) is 93.3 Å². The van der Waals surface area contributed by atoms with Gasteiger partial charge in [-0.3, -0.25) is 4.57 Å². The van der Waals surface area contributed by atoms with Gasteiger partial charge in [-0.05, 0) is 60.7 Å². The summed E-state index contributed by atoms with van der Waals surface area (Å²) in [7, 11) is 0. The summed E-state index contributed by atoms with van der Waals surface area (Å²) in [5.41, 5.74) is 2.88. The minimum atomic E-state index is -0.458. The Morgan fingerprint density at radius 1 is 0.857 bits per heavy atom. The molecule has 4 nitrogen and oxygen atoms in total. The molecule has 136 valence electrons. The van der Waals surface area contributed by atoms with Crippen LogP contribution < -0.4 is 5.63 Å². The number of benzene rings is 3. The number of hydrogen-bond donors (Lipinski definition) is 0. The summed E-state index contributed by atoms with van der Waals surface area (Å²) in [6.45, 7) is 0. The molecular weight excluding hydrogens is 395 g/mol. The van der Waals surface area contributed by atoms with Crippen LogP contribution in [0.1, 0.15) is 0 Å². The first-order valence-electron chi connectivity index (χ1n) is 8.57. The summed E-state index contributed by atoms with van der Waals surface area (Å²) in [4.78, 5) is 17.5. The summed E-state index contributed by atoms with van der Waals surface area (Å²) in [6.07, 6.45) is 0. The van der Waals surface area contributed by atoms with Crippen molar-refractivity contribution in [1.82, 2.24) is 9.55 Å². The van der Waals surface area contributed by atoms with Crippen LogP contribution in [0.15, 0.2) is 82.0 Å². The van der Waals surface area contributed by atoms with Gasteiger partial charge in [-0.15, -0.1) is 0 Å². The molecule has 5 aromatic rings. The van der Waals surface area contributed by atoms with Crippen molar-refractivity contribution in [2.75, 3.05) is 0 Å². The molecule has 0 radical (unpaired) electrons. The van der Waals surface area contributed by atoms with Crippen LogP contribution in [0.4, 0.5) is 0 Å². The Balaban J connectivity index is 1.85. The lowest BCUT2D eigenvalue weighted by atomic mass is 10.1. The standard InChI is InChI=1S/C22H12Cl2N2O2/c23-14-5-8-16(9-6-14)26-19-4-2-1-3-18(19)25-21(26)17-12-13-11-15(24)7-10-20(13)28-22(17)27/h1-12H. The number of halogens is 2. The van der Waals surface area contributed by atoms with E-state index in [0.717, 1.165) is 22.1 Å². The molecule has 0 aliphatic rings. The fourth-order valence-electron chi connectivity index (χ4n) is 3.31. The van der Waals surface area contributed by atoms with Gasteiger partial charge < -0.3 is 4.42 Å².